The van der Waals surface area contributed by atoms with Gasteiger partial charge in [0.15, 0.2) is 5.43 Å². The summed E-state index contributed by atoms with van der Waals surface area (Å²) in [6.45, 7) is 2.09. The average molecular weight is 377 g/mol. The highest BCUT2D eigenvalue weighted by Gasteiger charge is 2.33. The van der Waals surface area contributed by atoms with Gasteiger partial charge in [0.25, 0.3) is 11.1 Å². The smallest absolute Gasteiger partial charge is 0.293 e. The molecule has 1 saturated heterocycles. The zero-order valence-electron chi connectivity index (χ0n) is 14.5. The van der Waals surface area contributed by atoms with E-state index >= 15 is 0 Å². The molecule has 2 amide bonds. The Morgan fingerprint density at radius 2 is 1.81 bits per heavy atom. The van der Waals surface area contributed by atoms with Crippen LogP contribution in [0.4, 0.5) is 4.79 Å². The Labute approximate surface area is 159 Å². The van der Waals surface area contributed by atoms with Crippen molar-refractivity contribution in [3.63, 3.8) is 0 Å². The first-order chi connectivity index (χ1) is 13.1. The van der Waals surface area contributed by atoms with Crippen molar-refractivity contribution in [3.8, 4) is 11.3 Å². The molecule has 1 aliphatic rings. The SMILES string of the molecule is CCN1C(=O)S/C(=C/c2ccc3oc(-c4ccccc4)cc(=O)c3c2)C1=O. The molecule has 0 aliphatic carbocycles. The molecular formula is C21H15NO4S. The fourth-order valence-corrected chi connectivity index (χ4v) is 3.84. The van der Waals surface area contributed by atoms with Crippen molar-refractivity contribution in [3.05, 3.63) is 75.3 Å². The molecule has 1 fully saturated rings. The fraction of sp³-hybridized carbons (Fsp3) is 0.0952. The highest BCUT2D eigenvalue weighted by Crippen LogP contribution is 2.32. The molecule has 0 N–H and O–H groups in total. The molecule has 4 rings (SSSR count). The molecule has 1 aromatic heterocycles. The number of rotatable bonds is 3. The van der Waals surface area contributed by atoms with Gasteiger partial charge in [-0.3, -0.25) is 19.3 Å². The van der Waals surface area contributed by atoms with Crippen LogP contribution in [0.5, 0.6) is 0 Å². The zero-order chi connectivity index (χ0) is 19.0. The van der Waals surface area contributed by atoms with E-state index in [0.29, 0.717) is 33.7 Å². The molecule has 134 valence electrons. The second-order valence-corrected chi connectivity index (χ2v) is 7.02. The van der Waals surface area contributed by atoms with Crippen LogP contribution in [0.3, 0.4) is 0 Å². The molecule has 0 spiro atoms. The van der Waals surface area contributed by atoms with Gasteiger partial charge in [-0.25, -0.2) is 0 Å². The molecule has 2 aromatic carbocycles. The van der Waals surface area contributed by atoms with Crippen molar-refractivity contribution in [1.82, 2.24) is 4.90 Å². The Hall–Kier alpha value is -3.12. The maximum absolute atomic E-state index is 12.6. The molecule has 0 unspecified atom stereocenters. The molecule has 2 heterocycles. The molecule has 1 aliphatic heterocycles. The standard InChI is InChI=1S/C21H15NO4S/c1-2-22-20(24)19(27-21(22)25)11-13-8-9-17-15(10-13)16(23)12-18(26-17)14-6-4-3-5-7-14/h3-12H,2H2,1H3/b19-11+. The Bertz CT molecular complexity index is 1150. The molecule has 27 heavy (non-hydrogen) atoms. The van der Waals surface area contributed by atoms with Crippen LogP contribution in [0.2, 0.25) is 0 Å². The monoisotopic (exact) mass is 377 g/mol. The molecule has 0 bridgehead atoms. The van der Waals surface area contributed by atoms with Gasteiger partial charge in [0, 0.05) is 18.2 Å². The quantitative estimate of drug-likeness (QED) is 0.628. The van der Waals surface area contributed by atoms with Gasteiger partial charge in [0.2, 0.25) is 0 Å². The molecular weight excluding hydrogens is 362 g/mol. The van der Waals surface area contributed by atoms with E-state index < -0.39 is 0 Å². The lowest BCUT2D eigenvalue weighted by atomic mass is 10.1. The van der Waals surface area contributed by atoms with Gasteiger partial charge in [0.05, 0.1) is 10.3 Å². The van der Waals surface area contributed by atoms with E-state index in [1.807, 2.05) is 30.3 Å². The van der Waals surface area contributed by atoms with Crippen LogP contribution in [-0.2, 0) is 4.79 Å². The number of nitrogens with zero attached hydrogens (tertiary/aromatic N) is 1. The van der Waals surface area contributed by atoms with Gasteiger partial charge in [0.1, 0.15) is 11.3 Å². The summed E-state index contributed by atoms with van der Waals surface area (Å²) in [5.41, 5.74) is 1.81. The maximum atomic E-state index is 12.6. The fourth-order valence-electron chi connectivity index (χ4n) is 2.93. The number of fused-ring (bicyclic) bond motifs is 1. The Balaban J connectivity index is 1.75. The van der Waals surface area contributed by atoms with Crippen molar-refractivity contribution in [2.45, 2.75) is 6.92 Å². The minimum atomic E-state index is -0.306. The van der Waals surface area contributed by atoms with Crippen LogP contribution in [-0.4, -0.2) is 22.6 Å². The van der Waals surface area contributed by atoms with E-state index in [0.717, 1.165) is 17.3 Å². The van der Waals surface area contributed by atoms with Gasteiger partial charge in [-0.1, -0.05) is 36.4 Å². The van der Waals surface area contributed by atoms with E-state index in [2.05, 4.69) is 0 Å². The van der Waals surface area contributed by atoms with Crippen LogP contribution < -0.4 is 5.43 Å². The number of thioether (sulfide) groups is 1. The van der Waals surface area contributed by atoms with Gasteiger partial charge in [-0.2, -0.15) is 0 Å². The number of carbonyl (C=O) groups is 2. The van der Waals surface area contributed by atoms with E-state index in [-0.39, 0.29) is 16.6 Å². The minimum absolute atomic E-state index is 0.160. The second-order valence-electron chi connectivity index (χ2n) is 6.02. The largest absolute Gasteiger partial charge is 0.456 e. The lowest BCUT2D eigenvalue weighted by molar-refractivity contribution is -0.122. The summed E-state index contributed by atoms with van der Waals surface area (Å²) in [6, 6.07) is 16.0. The Kier molecular flexibility index (Phi) is 4.41. The highest BCUT2D eigenvalue weighted by molar-refractivity contribution is 8.18. The number of likely N-dealkylation sites (N-methyl/N-ethyl adjacent to an activating group) is 1. The summed E-state index contributed by atoms with van der Waals surface area (Å²) in [4.78, 5) is 38.1. The van der Waals surface area contributed by atoms with Crippen molar-refractivity contribution < 1.29 is 14.0 Å². The summed E-state index contributed by atoms with van der Waals surface area (Å²) in [7, 11) is 0. The lowest BCUT2D eigenvalue weighted by Crippen LogP contribution is -2.27. The highest BCUT2D eigenvalue weighted by atomic mass is 32.2. The van der Waals surface area contributed by atoms with Crippen molar-refractivity contribution in [2.75, 3.05) is 6.54 Å². The lowest BCUT2D eigenvalue weighted by Gasteiger charge is -2.07. The summed E-state index contributed by atoms with van der Waals surface area (Å²) in [5, 5.41) is 0.153. The number of hydrogen-bond acceptors (Lipinski definition) is 5. The Morgan fingerprint density at radius 3 is 2.52 bits per heavy atom. The van der Waals surface area contributed by atoms with E-state index in [4.69, 9.17) is 4.42 Å². The van der Waals surface area contributed by atoms with Crippen LogP contribution in [0.1, 0.15) is 12.5 Å². The summed E-state index contributed by atoms with van der Waals surface area (Å²) in [5.74, 6) is 0.198. The molecule has 5 nitrogen and oxygen atoms in total. The second kappa shape index (κ2) is 6.89. The number of hydrogen-bond donors (Lipinski definition) is 0. The van der Waals surface area contributed by atoms with Crippen LogP contribution in [0.25, 0.3) is 28.4 Å². The third kappa shape index (κ3) is 3.19. The van der Waals surface area contributed by atoms with Crippen LogP contribution in [0.15, 0.2) is 68.7 Å². The molecule has 0 radical (unpaired) electrons. The normalized spacial score (nSPS) is 15.9. The third-order valence-corrected chi connectivity index (χ3v) is 5.20. The molecule has 0 atom stereocenters. The van der Waals surface area contributed by atoms with Crippen molar-refractivity contribution in [1.29, 1.82) is 0 Å². The number of imide groups is 1. The Morgan fingerprint density at radius 1 is 1.04 bits per heavy atom. The predicted molar refractivity (Wildman–Crippen MR) is 106 cm³/mol. The predicted octanol–water partition coefficient (Wildman–Crippen LogP) is 4.52. The summed E-state index contributed by atoms with van der Waals surface area (Å²) < 4.78 is 5.87. The molecule has 0 saturated carbocycles. The van der Waals surface area contributed by atoms with Gasteiger partial charge >= 0.3 is 0 Å². The maximum Gasteiger partial charge on any atom is 0.293 e. The van der Waals surface area contributed by atoms with E-state index in [9.17, 15) is 14.4 Å². The third-order valence-electron chi connectivity index (χ3n) is 4.30. The van der Waals surface area contributed by atoms with E-state index in [1.54, 1.807) is 31.2 Å². The number of benzene rings is 2. The number of amides is 2. The van der Waals surface area contributed by atoms with Crippen molar-refractivity contribution in [2.24, 2.45) is 0 Å². The molecule has 3 aromatic rings. The number of carbonyl (C=O) groups excluding carboxylic acids is 2. The van der Waals surface area contributed by atoms with Crippen molar-refractivity contribution >= 4 is 40.0 Å². The minimum Gasteiger partial charge on any atom is -0.456 e. The van der Waals surface area contributed by atoms with E-state index in [1.165, 1.54) is 11.0 Å². The van der Waals surface area contributed by atoms with Crippen LogP contribution in [0, 0.1) is 0 Å². The topological polar surface area (TPSA) is 67.6 Å². The first-order valence-corrected chi connectivity index (χ1v) is 9.27. The van der Waals surface area contributed by atoms with Crippen LogP contribution >= 0.6 is 11.8 Å². The summed E-state index contributed by atoms with van der Waals surface area (Å²) >= 11 is 0.908. The zero-order valence-corrected chi connectivity index (χ0v) is 15.3. The molecule has 6 heteroatoms. The average Bonchev–Trinajstić information content (AvgIpc) is 2.95. The summed E-state index contributed by atoms with van der Waals surface area (Å²) in [6.07, 6.45) is 1.63. The van der Waals surface area contributed by atoms with Gasteiger partial charge in [-0.05, 0) is 42.5 Å². The van der Waals surface area contributed by atoms with Gasteiger partial charge in [-0.15, -0.1) is 0 Å². The van der Waals surface area contributed by atoms with Gasteiger partial charge < -0.3 is 4.42 Å². The first kappa shape index (κ1) is 17.3. The first-order valence-electron chi connectivity index (χ1n) is 8.45.